The predicted octanol–water partition coefficient (Wildman–Crippen LogP) is 6.12. The molecule has 0 aliphatic heterocycles. The van der Waals surface area contributed by atoms with Crippen LogP contribution in [0.3, 0.4) is 0 Å². The lowest BCUT2D eigenvalue weighted by atomic mass is 9.66. The van der Waals surface area contributed by atoms with Gasteiger partial charge in [-0.1, -0.05) is 62.3 Å². The van der Waals surface area contributed by atoms with Crippen molar-refractivity contribution < 1.29 is 0 Å². The molecule has 17 heavy (non-hydrogen) atoms. The van der Waals surface area contributed by atoms with Crippen LogP contribution < -0.4 is 0 Å². The minimum atomic E-state index is 0.437. The Labute approximate surface area is 111 Å². The van der Waals surface area contributed by atoms with Gasteiger partial charge in [0.2, 0.25) is 0 Å². The highest BCUT2D eigenvalue weighted by molar-refractivity contribution is 4.96. The fourth-order valence-corrected chi connectivity index (χ4v) is 2.12. The van der Waals surface area contributed by atoms with E-state index in [1.165, 1.54) is 19.3 Å². The van der Waals surface area contributed by atoms with Crippen LogP contribution in [-0.2, 0) is 0 Å². The monoisotopic (exact) mass is 239 g/mol. The zero-order valence-corrected chi connectivity index (χ0v) is 13.8. The fourth-order valence-electron chi connectivity index (χ4n) is 2.12. The molecule has 0 heteroatoms. The summed E-state index contributed by atoms with van der Waals surface area (Å²) in [5, 5.41) is 0. The van der Waals surface area contributed by atoms with E-state index in [1.54, 1.807) is 5.92 Å². The first-order valence-corrected chi connectivity index (χ1v) is 7.37. The molecule has 0 saturated heterocycles. The second kappa shape index (κ2) is 6.25. The van der Waals surface area contributed by atoms with Crippen LogP contribution >= 0.6 is 0 Å². The van der Waals surface area contributed by atoms with Crippen LogP contribution in [0.15, 0.2) is 0 Å². The summed E-state index contributed by atoms with van der Waals surface area (Å²) < 4.78 is 0. The molecular formula is C17H35. The third-order valence-electron chi connectivity index (χ3n) is 5.45. The Morgan fingerprint density at radius 3 is 1.65 bits per heavy atom. The van der Waals surface area contributed by atoms with Crippen molar-refractivity contribution in [1.29, 1.82) is 0 Å². The van der Waals surface area contributed by atoms with Crippen LogP contribution in [0.5, 0.6) is 0 Å². The van der Waals surface area contributed by atoms with Gasteiger partial charge in [0.15, 0.2) is 0 Å². The highest BCUT2D eigenvalue weighted by atomic mass is 14.4. The molecule has 0 aromatic heterocycles. The van der Waals surface area contributed by atoms with E-state index in [1.807, 2.05) is 0 Å². The maximum atomic E-state index is 2.44. The number of rotatable bonds is 7. The lowest BCUT2D eigenvalue weighted by molar-refractivity contribution is 0.146. The molecule has 0 spiro atoms. The van der Waals surface area contributed by atoms with Crippen LogP contribution in [-0.4, -0.2) is 0 Å². The third-order valence-corrected chi connectivity index (χ3v) is 5.45. The minimum Gasteiger partial charge on any atom is -0.0648 e. The Morgan fingerprint density at radius 1 is 0.882 bits per heavy atom. The van der Waals surface area contributed by atoms with Gasteiger partial charge in [0.1, 0.15) is 0 Å². The van der Waals surface area contributed by atoms with Gasteiger partial charge in [0, 0.05) is 0 Å². The Kier molecular flexibility index (Phi) is 6.25. The third kappa shape index (κ3) is 5.02. The summed E-state index contributed by atoms with van der Waals surface area (Å²) in [5.41, 5.74) is 0.906. The molecule has 0 amide bonds. The Bertz CT molecular complexity index is 210. The zero-order chi connectivity index (χ0) is 13.9. The van der Waals surface area contributed by atoms with Gasteiger partial charge in [-0.25, -0.2) is 0 Å². The largest absolute Gasteiger partial charge is 0.0648 e. The highest BCUT2D eigenvalue weighted by Crippen LogP contribution is 2.42. The molecule has 0 saturated carbocycles. The summed E-state index contributed by atoms with van der Waals surface area (Å²) in [4.78, 5) is 0. The standard InChI is InChI=1S/C17H35/c1-10-14(4)15(5)17(8,9)12-11-16(6,7)13(2)3/h13,15H,10-12H2,1-9H3. The van der Waals surface area contributed by atoms with Gasteiger partial charge in [-0.2, -0.15) is 0 Å². The maximum Gasteiger partial charge on any atom is -0.0241 e. The summed E-state index contributed by atoms with van der Waals surface area (Å²) in [7, 11) is 0. The second-order valence-corrected chi connectivity index (χ2v) is 7.55. The molecular weight excluding hydrogens is 204 g/mol. The molecule has 0 aliphatic carbocycles. The van der Waals surface area contributed by atoms with E-state index in [9.17, 15) is 0 Å². The molecule has 1 atom stereocenters. The van der Waals surface area contributed by atoms with E-state index in [2.05, 4.69) is 62.3 Å². The van der Waals surface area contributed by atoms with E-state index in [0.29, 0.717) is 10.8 Å². The molecule has 0 fully saturated rings. The zero-order valence-electron chi connectivity index (χ0n) is 13.8. The van der Waals surface area contributed by atoms with Gasteiger partial charge in [-0.05, 0) is 47.8 Å². The van der Waals surface area contributed by atoms with Crippen molar-refractivity contribution in [3.63, 3.8) is 0 Å². The lowest BCUT2D eigenvalue weighted by Crippen LogP contribution is -2.29. The van der Waals surface area contributed by atoms with Gasteiger partial charge in [0.25, 0.3) is 0 Å². The molecule has 0 N–H and O–H groups in total. The van der Waals surface area contributed by atoms with Crippen molar-refractivity contribution in [2.45, 2.75) is 81.6 Å². The summed E-state index contributed by atoms with van der Waals surface area (Å²) in [6.45, 7) is 21.4. The van der Waals surface area contributed by atoms with Crippen LogP contribution in [0.4, 0.5) is 0 Å². The van der Waals surface area contributed by atoms with E-state index in [0.717, 1.165) is 11.8 Å². The lowest BCUT2D eigenvalue weighted by Gasteiger charge is -2.39. The van der Waals surface area contributed by atoms with Crippen molar-refractivity contribution in [3.05, 3.63) is 5.92 Å². The first kappa shape index (κ1) is 17.0. The van der Waals surface area contributed by atoms with Crippen LogP contribution in [0.1, 0.15) is 81.6 Å². The molecule has 1 unspecified atom stereocenters. The second-order valence-electron chi connectivity index (χ2n) is 7.55. The van der Waals surface area contributed by atoms with E-state index >= 15 is 0 Å². The number of hydrogen-bond acceptors (Lipinski definition) is 0. The summed E-state index contributed by atoms with van der Waals surface area (Å²) in [6.07, 6.45) is 3.88. The predicted molar refractivity (Wildman–Crippen MR) is 80.0 cm³/mol. The van der Waals surface area contributed by atoms with Gasteiger partial charge in [-0.15, -0.1) is 0 Å². The maximum absolute atomic E-state index is 2.44. The van der Waals surface area contributed by atoms with Crippen molar-refractivity contribution in [2.75, 3.05) is 0 Å². The summed E-state index contributed by atoms with van der Waals surface area (Å²) in [5.74, 6) is 3.15. The average molecular weight is 239 g/mol. The topological polar surface area (TPSA) is 0 Å². The van der Waals surface area contributed by atoms with E-state index in [4.69, 9.17) is 0 Å². The Morgan fingerprint density at radius 2 is 1.29 bits per heavy atom. The van der Waals surface area contributed by atoms with E-state index in [-0.39, 0.29) is 0 Å². The van der Waals surface area contributed by atoms with Crippen molar-refractivity contribution in [1.82, 2.24) is 0 Å². The van der Waals surface area contributed by atoms with Crippen molar-refractivity contribution >= 4 is 0 Å². The van der Waals surface area contributed by atoms with Gasteiger partial charge in [-0.3, -0.25) is 0 Å². The van der Waals surface area contributed by atoms with Gasteiger partial charge < -0.3 is 0 Å². The highest BCUT2D eigenvalue weighted by Gasteiger charge is 2.32. The van der Waals surface area contributed by atoms with Crippen LogP contribution in [0.2, 0.25) is 0 Å². The Balaban J connectivity index is 4.46. The van der Waals surface area contributed by atoms with Crippen molar-refractivity contribution in [3.8, 4) is 0 Å². The van der Waals surface area contributed by atoms with E-state index < -0.39 is 0 Å². The molecule has 0 bridgehead atoms. The van der Waals surface area contributed by atoms with Gasteiger partial charge in [0.05, 0.1) is 0 Å². The normalized spacial score (nSPS) is 15.7. The molecule has 1 radical (unpaired) electrons. The van der Waals surface area contributed by atoms with Crippen molar-refractivity contribution in [2.24, 2.45) is 22.7 Å². The average Bonchev–Trinajstić information content (AvgIpc) is 2.24. The molecule has 0 aliphatic rings. The number of hydrogen-bond donors (Lipinski definition) is 0. The van der Waals surface area contributed by atoms with Crippen LogP contribution in [0.25, 0.3) is 0 Å². The molecule has 0 nitrogen and oxygen atoms in total. The SMILES string of the molecule is CC[C](C)C(C)C(C)(C)CCC(C)(C)C(C)C. The molecule has 0 aromatic rings. The fraction of sp³-hybridized carbons (Fsp3) is 0.941. The molecule has 0 rings (SSSR count). The Hall–Kier alpha value is 0. The molecule has 0 aromatic carbocycles. The molecule has 0 heterocycles. The first-order valence-electron chi connectivity index (χ1n) is 7.37. The molecule has 103 valence electrons. The first-order chi connectivity index (χ1) is 7.54. The minimum absolute atomic E-state index is 0.437. The van der Waals surface area contributed by atoms with Gasteiger partial charge >= 0.3 is 0 Å². The van der Waals surface area contributed by atoms with Crippen LogP contribution in [0, 0.1) is 28.6 Å². The smallest absolute Gasteiger partial charge is 0.0241 e. The summed E-state index contributed by atoms with van der Waals surface area (Å²) >= 11 is 0. The summed E-state index contributed by atoms with van der Waals surface area (Å²) in [6, 6.07) is 0. The quantitative estimate of drug-likeness (QED) is 0.502.